The third-order valence-electron chi connectivity index (χ3n) is 6.40. The Morgan fingerprint density at radius 1 is 1.03 bits per heavy atom. The lowest BCUT2D eigenvalue weighted by Gasteiger charge is -2.34. The number of nitrogens with one attached hydrogen (secondary N) is 2. The molecule has 2 N–H and O–H groups in total. The second-order valence-electron chi connectivity index (χ2n) is 9.22. The fourth-order valence-corrected chi connectivity index (χ4v) is 5.43. The molecule has 192 valence electrons. The van der Waals surface area contributed by atoms with Crippen LogP contribution in [0, 0.1) is 0 Å². The van der Waals surface area contributed by atoms with E-state index in [2.05, 4.69) is 62.6 Å². The van der Waals surface area contributed by atoms with E-state index in [1.54, 1.807) is 38.1 Å². The Kier molecular flexibility index (Phi) is 8.02. The first-order valence-electron chi connectivity index (χ1n) is 12.1. The van der Waals surface area contributed by atoms with Crippen LogP contribution < -0.4 is 15.5 Å². The molecule has 36 heavy (non-hydrogen) atoms. The molecule has 1 aliphatic heterocycles. The van der Waals surface area contributed by atoms with E-state index in [1.807, 2.05) is 0 Å². The second-order valence-corrected chi connectivity index (χ2v) is 12.1. The van der Waals surface area contributed by atoms with Gasteiger partial charge in [-0.3, -0.25) is 0 Å². The Bertz CT molecular complexity index is 1320. The third-order valence-corrected chi connectivity index (χ3v) is 8.88. The summed E-state index contributed by atoms with van der Waals surface area (Å²) in [5.74, 6) is 0.695. The number of para-hydroxylation sites is 1. The van der Waals surface area contributed by atoms with Crippen molar-refractivity contribution in [2.45, 2.75) is 37.3 Å². The highest BCUT2D eigenvalue weighted by molar-refractivity contribution is 7.92. The summed E-state index contributed by atoms with van der Waals surface area (Å²) in [5, 5.41) is 6.15. The normalized spacial score (nSPS) is 14.8. The van der Waals surface area contributed by atoms with Crippen LogP contribution in [-0.4, -0.2) is 61.8 Å². The van der Waals surface area contributed by atoms with Crippen molar-refractivity contribution in [2.75, 3.05) is 48.8 Å². The molecule has 0 aliphatic carbocycles. The minimum absolute atomic E-state index is 0.206. The first-order chi connectivity index (χ1) is 17.2. The number of aromatic nitrogens is 2. The number of hydrogen-bond donors (Lipinski definition) is 2. The summed E-state index contributed by atoms with van der Waals surface area (Å²) in [6.45, 7) is 9.56. The van der Waals surface area contributed by atoms with Gasteiger partial charge in [-0.2, -0.15) is 4.98 Å². The average molecular weight is 529 g/mol. The molecule has 10 heteroatoms. The first-order valence-corrected chi connectivity index (χ1v) is 14.1. The van der Waals surface area contributed by atoms with Crippen molar-refractivity contribution in [2.24, 2.45) is 0 Å². The molecule has 1 aromatic heterocycles. The van der Waals surface area contributed by atoms with Gasteiger partial charge in [-0.25, -0.2) is 13.4 Å². The van der Waals surface area contributed by atoms with Crippen molar-refractivity contribution in [3.05, 3.63) is 59.2 Å². The second kappa shape index (κ2) is 11.0. The van der Waals surface area contributed by atoms with Gasteiger partial charge in [0.2, 0.25) is 5.95 Å². The van der Waals surface area contributed by atoms with Crippen LogP contribution in [-0.2, 0) is 16.3 Å². The van der Waals surface area contributed by atoms with Crippen LogP contribution in [0.1, 0.15) is 26.3 Å². The van der Waals surface area contributed by atoms with Gasteiger partial charge in [0.15, 0.2) is 15.7 Å². The van der Waals surface area contributed by atoms with Crippen LogP contribution in [0.2, 0.25) is 5.02 Å². The van der Waals surface area contributed by atoms with Gasteiger partial charge >= 0.3 is 0 Å². The summed E-state index contributed by atoms with van der Waals surface area (Å²) in [6, 6.07) is 13.2. The molecule has 2 aromatic carbocycles. The van der Waals surface area contributed by atoms with E-state index in [9.17, 15) is 8.42 Å². The van der Waals surface area contributed by atoms with Crippen LogP contribution in [0.15, 0.2) is 53.6 Å². The fourth-order valence-electron chi connectivity index (χ4n) is 4.09. The summed E-state index contributed by atoms with van der Waals surface area (Å²) in [5.41, 5.74) is 3.72. The number of sulfone groups is 1. The molecule has 4 rings (SSSR count). The molecule has 0 unspecified atom stereocenters. The quantitative estimate of drug-likeness (QED) is 0.416. The Balaban J connectivity index is 1.58. The van der Waals surface area contributed by atoms with Crippen molar-refractivity contribution in [3.8, 4) is 0 Å². The molecular formula is C26H33ClN6O2S. The van der Waals surface area contributed by atoms with Crippen molar-refractivity contribution >= 4 is 50.3 Å². The highest BCUT2D eigenvalue weighted by Gasteiger charge is 2.23. The van der Waals surface area contributed by atoms with Gasteiger partial charge in [0.25, 0.3) is 0 Å². The van der Waals surface area contributed by atoms with Crippen molar-refractivity contribution in [3.63, 3.8) is 0 Å². The molecule has 1 aliphatic rings. The van der Waals surface area contributed by atoms with E-state index in [-0.39, 0.29) is 4.90 Å². The Morgan fingerprint density at radius 2 is 1.75 bits per heavy atom. The van der Waals surface area contributed by atoms with Crippen LogP contribution in [0.5, 0.6) is 0 Å². The number of hydrogen-bond acceptors (Lipinski definition) is 8. The standard InChI is InChI=1S/C26H33ClN6O2S/c1-5-19-16-20(33-14-12-32(4)13-15-33)10-11-22(19)30-26-28-17-21(27)25(31-26)29-23-8-6-7-9-24(23)36(34,35)18(2)3/h6-11,16-18H,5,12-15H2,1-4H3,(H2,28,29,30,31). The lowest BCUT2D eigenvalue weighted by molar-refractivity contribution is 0.313. The minimum atomic E-state index is -3.50. The van der Waals surface area contributed by atoms with Gasteiger partial charge in [0.05, 0.1) is 22.0 Å². The van der Waals surface area contributed by atoms with E-state index in [1.165, 1.54) is 11.9 Å². The molecule has 2 heterocycles. The summed E-state index contributed by atoms with van der Waals surface area (Å²) < 4.78 is 25.7. The van der Waals surface area contributed by atoms with Gasteiger partial charge in [-0.05, 0) is 63.2 Å². The van der Waals surface area contributed by atoms with E-state index in [0.717, 1.165) is 43.9 Å². The lowest BCUT2D eigenvalue weighted by Crippen LogP contribution is -2.44. The number of nitrogens with zero attached hydrogens (tertiary/aromatic N) is 4. The molecule has 0 atom stereocenters. The van der Waals surface area contributed by atoms with Crippen molar-refractivity contribution < 1.29 is 8.42 Å². The van der Waals surface area contributed by atoms with Crippen LogP contribution >= 0.6 is 11.6 Å². The average Bonchev–Trinajstić information content (AvgIpc) is 2.87. The van der Waals surface area contributed by atoms with Crippen LogP contribution in [0.4, 0.5) is 28.8 Å². The predicted molar refractivity (Wildman–Crippen MR) is 148 cm³/mol. The number of aryl methyl sites for hydroxylation is 1. The van der Waals surface area contributed by atoms with Crippen molar-refractivity contribution in [1.29, 1.82) is 0 Å². The fraction of sp³-hybridized carbons (Fsp3) is 0.385. The molecule has 0 saturated carbocycles. The molecule has 1 saturated heterocycles. The number of anilines is 5. The molecular weight excluding hydrogens is 496 g/mol. The number of benzene rings is 2. The predicted octanol–water partition coefficient (Wildman–Crippen LogP) is 5.11. The maximum atomic E-state index is 12.8. The molecule has 3 aromatic rings. The number of rotatable bonds is 8. The van der Waals surface area contributed by atoms with E-state index >= 15 is 0 Å². The Labute approximate surface area is 218 Å². The van der Waals surface area contributed by atoms with E-state index in [0.29, 0.717) is 22.5 Å². The molecule has 0 bridgehead atoms. The molecule has 0 spiro atoms. The zero-order valence-electron chi connectivity index (χ0n) is 21.1. The lowest BCUT2D eigenvalue weighted by atomic mass is 10.1. The van der Waals surface area contributed by atoms with Crippen molar-refractivity contribution in [1.82, 2.24) is 14.9 Å². The van der Waals surface area contributed by atoms with Gasteiger partial charge in [0.1, 0.15) is 5.02 Å². The molecule has 0 amide bonds. The summed E-state index contributed by atoms with van der Waals surface area (Å²) >= 11 is 6.38. The smallest absolute Gasteiger partial charge is 0.229 e. The molecule has 1 fully saturated rings. The summed E-state index contributed by atoms with van der Waals surface area (Å²) in [7, 11) is -1.34. The van der Waals surface area contributed by atoms with Crippen LogP contribution in [0.25, 0.3) is 0 Å². The minimum Gasteiger partial charge on any atom is -0.369 e. The maximum absolute atomic E-state index is 12.8. The van der Waals surface area contributed by atoms with Gasteiger partial charge < -0.3 is 20.4 Å². The number of likely N-dealkylation sites (N-methyl/N-ethyl adjacent to an activating group) is 1. The zero-order valence-corrected chi connectivity index (χ0v) is 22.7. The topological polar surface area (TPSA) is 90.5 Å². The van der Waals surface area contributed by atoms with Gasteiger partial charge in [-0.1, -0.05) is 30.7 Å². The maximum Gasteiger partial charge on any atom is 0.229 e. The monoisotopic (exact) mass is 528 g/mol. The van der Waals surface area contributed by atoms with E-state index < -0.39 is 15.1 Å². The molecule has 0 radical (unpaired) electrons. The Morgan fingerprint density at radius 3 is 2.44 bits per heavy atom. The number of piperazine rings is 1. The number of halogens is 1. The third kappa shape index (κ3) is 5.74. The van der Waals surface area contributed by atoms with Crippen LogP contribution in [0.3, 0.4) is 0 Å². The SMILES string of the molecule is CCc1cc(N2CCN(C)CC2)ccc1Nc1ncc(Cl)c(Nc2ccccc2S(=O)(=O)C(C)C)n1. The van der Waals surface area contributed by atoms with E-state index in [4.69, 9.17) is 11.6 Å². The van der Waals surface area contributed by atoms with Gasteiger partial charge in [0, 0.05) is 37.6 Å². The first kappa shape index (κ1) is 26.2. The highest BCUT2D eigenvalue weighted by atomic mass is 35.5. The Hall–Kier alpha value is -2.88. The largest absolute Gasteiger partial charge is 0.369 e. The summed E-state index contributed by atoms with van der Waals surface area (Å²) in [4.78, 5) is 13.8. The summed E-state index contributed by atoms with van der Waals surface area (Å²) in [6.07, 6.45) is 2.35. The molecule has 8 nitrogen and oxygen atoms in total. The van der Waals surface area contributed by atoms with Gasteiger partial charge in [-0.15, -0.1) is 0 Å². The zero-order chi connectivity index (χ0) is 25.9. The highest BCUT2D eigenvalue weighted by Crippen LogP contribution is 2.31.